The van der Waals surface area contributed by atoms with E-state index >= 15 is 0 Å². The van der Waals surface area contributed by atoms with Gasteiger partial charge < -0.3 is 18.3 Å². The fraction of sp³-hybridized carbons (Fsp3) is 1.00. The van der Waals surface area contributed by atoms with E-state index in [1.807, 2.05) is 11.8 Å². The summed E-state index contributed by atoms with van der Waals surface area (Å²) in [4.78, 5) is 0. The number of rotatable bonds is 26. The number of methoxy groups -OCH3 is 1. The van der Waals surface area contributed by atoms with Crippen molar-refractivity contribution in [1.82, 2.24) is 0 Å². The lowest BCUT2D eigenvalue weighted by molar-refractivity contribution is -0.931. The van der Waals surface area contributed by atoms with Crippen molar-refractivity contribution in [2.75, 3.05) is 52.6 Å². The molecule has 0 saturated carbocycles. The number of ether oxygens (including phenoxy) is 1. The Balaban J connectivity index is 1.42. The Morgan fingerprint density at radius 2 is 1.25 bits per heavy atom. The molecule has 0 amide bonds. The molecule has 0 aromatic heterocycles. The number of nitrogens with zero attached hydrogens (tertiary/aromatic N) is 1. The van der Waals surface area contributed by atoms with Crippen LogP contribution >= 0.6 is 19.4 Å². The van der Waals surface area contributed by atoms with Crippen molar-refractivity contribution in [3.63, 3.8) is 0 Å². The topological polar surface area (TPSA) is 44.8 Å². The molecule has 4 unspecified atom stereocenters. The minimum atomic E-state index is -3.06. The van der Waals surface area contributed by atoms with E-state index in [-0.39, 0.29) is 12.0 Å². The van der Waals surface area contributed by atoms with Crippen molar-refractivity contribution in [2.45, 2.75) is 154 Å². The molecule has 2 saturated heterocycles. The van der Waals surface area contributed by atoms with E-state index in [1.54, 1.807) is 13.8 Å². The number of hydrogen-bond acceptors (Lipinski definition) is 5. The first-order valence-corrected chi connectivity index (χ1v) is 20.2. The van der Waals surface area contributed by atoms with Crippen LogP contribution in [0.5, 0.6) is 0 Å². The van der Waals surface area contributed by atoms with Crippen molar-refractivity contribution in [2.24, 2.45) is 5.92 Å². The molecule has 0 N–H and O–H groups in total. The van der Waals surface area contributed by atoms with Crippen LogP contribution in [0.15, 0.2) is 0 Å². The number of hydrogen-bond donors (Lipinski definition) is 0. The van der Waals surface area contributed by atoms with E-state index in [2.05, 4.69) is 21.0 Å². The Labute approximate surface area is 253 Å². The standard InChI is InChI=1S/C33H67NO4PS/c1-6-7-8-9-10-11-12-13-14-15-16-17-18-19-20-21-24-40-29-30(27-36-4)28-37-39(5,35)38-33-25-31-22-23-32(26-33)34(31,2)3/h30-33H,6-29H2,1-5H3/q+1. The zero-order valence-corrected chi connectivity index (χ0v) is 28.9. The molecule has 0 radical (unpaired) electrons. The van der Waals surface area contributed by atoms with Crippen LogP contribution in [0.1, 0.15) is 135 Å². The van der Waals surface area contributed by atoms with Crippen LogP contribution in [0, 0.1) is 5.92 Å². The third-order valence-electron chi connectivity index (χ3n) is 9.57. The summed E-state index contributed by atoms with van der Waals surface area (Å²) in [6.45, 7) is 5.05. The predicted molar refractivity (Wildman–Crippen MR) is 175 cm³/mol. The van der Waals surface area contributed by atoms with Gasteiger partial charge in [-0.25, -0.2) is 0 Å². The zero-order chi connectivity index (χ0) is 29.1. The van der Waals surface area contributed by atoms with Crippen molar-refractivity contribution in [1.29, 1.82) is 0 Å². The molecular weight excluding hydrogens is 537 g/mol. The highest BCUT2D eigenvalue weighted by molar-refractivity contribution is 7.99. The molecule has 0 aliphatic carbocycles. The van der Waals surface area contributed by atoms with Gasteiger partial charge in [-0.15, -0.1) is 0 Å². The Morgan fingerprint density at radius 1 is 0.775 bits per heavy atom. The molecule has 2 aliphatic rings. The lowest BCUT2D eigenvalue weighted by Gasteiger charge is -2.44. The summed E-state index contributed by atoms with van der Waals surface area (Å²) in [5.74, 6) is 2.44. The normalized spacial score (nSPS) is 24.3. The molecule has 40 heavy (non-hydrogen) atoms. The predicted octanol–water partition coefficient (Wildman–Crippen LogP) is 9.87. The lowest BCUT2D eigenvalue weighted by Crippen LogP contribution is -2.55. The number of piperidine rings is 1. The van der Waals surface area contributed by atoms with E-state index in [4.69, 9.17) is 13.8 Å². The molecule has 2 bridgehead atoms. The largest absolute Gasteiger partial charge is 0.384 e. The molecule has 0 spiro atoms. The van der Waals surface area contributed by atoms with Crippen LogP contribution in [-0.2, 0) is 18.3 Å². The highest BCUT2D eigenvalue weighted by atomic mass is 32.2. The number of thioether (sulfide) groups is 1. The SMILES string of the molecule is CCCCCCCCCCCCCCCCCCSCC(COC)COP(C)(=O)OC1CC2CCC(C1)[N+]2(C)C. The molecule has 2 rings (SSSR count). The van der Waals surface area contributed by atoms with Crippen molar-refractivity contribution < 1.29 is 22.8 Å². The Morgan fingerprint density at radius 3 is 1.73 bits per heavy atom. The highest BCUT2D eigenvalue weighted by Gasteiger charge is 2.50. The first kappa shape index (κ1) is 36.6. The van der Waals surface area contributed by atoms with E-state index < -0.39 is 7.60 Å². The van der Waals surface area contributed by atoms with E-state index in [9.17, 15) is 4.57 Å². The molecule has 0 aromatic rings. The van der Waals surface area contributed by atoms with Gasteiger partial charge >= 0.3 is 7.60 Å². The molecule has 238 valence electrons. The maximum atomic E-state index is 13.1. The summed E-state index contributed by atoms with van der Waals surface area (Å²) in [5.41, 5.74) is 0. The number of fused-ring (bicyclic) bond motifs is 2. The molecule has 2 heterocycles. The maximum absolute atomic E-state index is 13.1. The zero-order valence-electron chi connectivity index (χ0n) is 27.2. The molecule has 2 aliphatic heterocycles. The van der Waals surface area contributed by atoms with E-state index in [0.29, 0.717) is 25.3 Å². The third-order valence-corrected chi connectivity index (χ3v) is 12.2. The van der Waals surface area contributed by atoms with E-state index in [1.165, 1.54) is 121 Å². The van der Waals surface area contributed by atoms with Crippen LogP contribution < -0.4 is 0 Å². The monoisotopic (exact) mass is 604 g/mol. The van der Waals surface area contributed by atoms with Gasteiger partial charge in [0.2, 0.25) is 0 Å². The van der Waals surface area contributed by atoms with Crippen LogP contribution in [-0.4, -0.2) is 75.3 Å². The minimum absolute atomic E-state index is 0.0737. The summed E-state index contributed by atoms with van der Waals surface area (Å²) in [6.07, 6.45) is 27.2. The lowest BCUT2D eigenvalue weighted by atomic mass is 9.98. The average Bonchev–Trinajstić information content (AvgIpc) is 3.06. The van der Waals surface area contributed by atoms with Gasteiger partial charge in [0, 0.05) is 51.1 Å². The summed E-state index contributed by atoms with van der Waals surface area (Å²) in [6, 6.07) is 1.26. The van der Waals surface area contributed by atoms with Gasteiger partial charge in [-0.1, -0.05) is 103 Å². The minimum Gasteiger partial charge on any atom is -0.384 e. The van der Waals surface area contributed by atoms with Gasteiger partial charge in [-0.05, 0) is 12.2 Å². The molecular formula is C33H67NO4PS+. The molecule has 0 aromatic carbocycles. The second kappa shape index (κ2) is 21.2. The fourth-order valence-corrected chi connectivity index (χ4v) is 9.20. The average molecular weight is 605 g/mol. The van der Waals surface area contributed by atoms with Crippen LogP contribution in [0.25, 0.3) is 0 Å². The quantitative estimate of drug-likeness (QED) is 0.0559. The Hall–Kier alpha value is 0.420. The Bertz CT molecular complexity index is 663. The molecule has 4 atom stereocenters. The summed E-state index contributed by atoms with van der Waals surface area (Å²) < 4.78 is 31.7. The Kier molecular flexibility index (Phi) is 19.4. The summed E-state index contributed by atoms with van der Waals surface area (Å²) in [5, 5.41) is 0. The van der Waals surface area contributed by atoms with Gasteiger partial charge in [0.15, 0.2) is 0 Å². The second-order valence-corrected chi connectivity index (χ2v) is 16.6. The smallest absolute Gasteiger partial charge is 0.327 e. The van der Waals surface area contributed by atoms with Gasteiger partial charge in [0.05, 0.1) is 45.5 Å². The molecule has 2 fully saturated rings. The van der Waals surface area contributed by atoms with Crippen molar-refractivity contribution >= 4 is 19.4 Å². The number of quaternary nitrogens is 1. The maximum Gasteiger partial charge on any atom is 0.327 e. The highest BCUT2D eigenvalue weighted by Crippen LogP contribution is 2.50. The first-order chi connectivity index (χ1) is 19.3. The molecule has 7 heteroatoms. The number of unbranched alkanes of at least 4 members (excludes halogenated alkanes) is 15. The van der Waals surface area contributed by atoms with Crippen LogP contribution in [0.3, 0.4) is 0 Å². The summed E-state index contributed by atoms with van der Waals surface area (Å²) in [7, 11) is 3.37. The van der Waals surface area contributed by atoms with Gasteiger partial charge in [-0.2, -0.15) is 11.8 Å². The van der Waals surface area contributed by atoms with Crippen LogP contribution in [0.4, 0.5) is 0 Å². The van der Waals surface area contributed by atoms with Crippen molar-refractivity contribution in [3.05, 3.63) is 0 Å². The second-order valence-electron chi connectivity index (χ2n) is 13.5. The first-order valence-electron chi connectivity index (χ1n) is 17.1. The third kappa shape index (κ3) is 15.2. The molecule has 5 nitrogen and oxygen atoms in total. The van der Waals surface area contributed by atoms with E-state index in [0.717, 1.165) is 23.1 Å². The van der Waals surface area contributed by atoms with Gasteiger partial charge in [0.1, 0.15) is 0 Å². The van der Waals surface area contributed by atoms with Gasteiger partial charge in [0.25, 0.3) is 0 Å². The van der Waals surface area contributed by atoms with Crippen LogP contribution in [0.2, 0.25) is 0 Å². The van der Waals surface area contributed by atoms with Crippen molar-refractivity contribution in [3.8, 4) is 0 Å². The van der Waals surface area contributed by atoms with Gasteiger partial charge in [-0.3, -0.25) is 4.57 Å². The summed E-state index contributed by atoms with van der Waals surface area (Å²) >= 11 is 1.99. The fourth-order valence-electron chi connectivity index (χ4n) is 6.84.